The molecule has 2 rings (SSSR count). The van der Waals surface area contributed by atoms with Gasteiger partial charge in [0.15, 0.2) is 0 Å². The molecule has 19 heavy (non-hydrogen) atoms. The predicted molar refractivity (Wildman–Crippen MR) is 80.8 cm³/mol. The zero-order valence-electron chi connectivity index (χ0n) is 12.4. The fourth-order valence-corrected chi connectivity index (χ4v) is 2.64. The molecule has 0 spiro atoms. The van der Waals surface area contributed by atoms with Gasteiger partial charge in [0, 0.05) is 32.1 Å². The Kier molecular flexibility index (Phi) is 5.00. The highest BCUT2D eigenvalue weighted by Crippen LogP contribution is 2.26. The summed E-state index contributed by atoms with van der Waals surface area (Å²) in [5.41, 5.74) is 0. The lowest BCUT2D eigenvalue weighted by Crippen LogP contribution is -2.30. The van der Waals surface area contributed by atoms with E-state index in [-0.39, 0.29) is 0 Å². The van der Waals surface area contributed by atoms with Gasteiger partial charge in [-0.2, -0.15) is 0 Å². The van der Waals surface area contributed by atoms with Crippen molar-refractivity contribution in [1.82, 2.24) is 9.97 Å². The zero-order chi connectivity index (χ0) is 13.7. The predicted octanol–water partition coefficient (Wildman–Crippen LogP) is 3.24. The molecule has 0 amide bonds. The molecule has 4 heteroatoms. The quantitative estimate of drug-likeness (QED) is 0.854. The van der Waals surface area contributed by atoms with Crippen molar-refractivity contribution in [2.24, 2.45) is 0 Å². The molecule has 0 atom stereocenters. The van der Waals surface area contributed by atoms with E-state index in [1.807, 2.05) is 0 Å². The van der Waals surface area contributed by atoms with E-state index in [4.69, 9.17) is 0 Å². The number of anilines is 2. The van der Waals surface area contributed by atoms with Gasteiger partial charge in [0.2, 0.25) is 0 Å². The Morgan fingerprint density at radius 1 is 1.26 bits per heavy atom. The van der Waals surface area contributed by atoms with Crippen LogP contribution in [-0.4, -0.2) is 29.6 Å². The number of aryl methyl sites for hydroxylation is 1. The molecule has 4 nitrogen and oxygen atoms in total. The minimum absolute atomic E-state index is 0.652. The number of hydrogen-bond acceptors (Lipinski definition) is 4. The third kappa shape index (κ3) is 3.58. The first-order valence-corrected chi connectivity index (χ1v) is 7.59. The van der Waals surface area contributed by atoms with Crippen molar-refractivity contribution >= 4 is 11.6 Å². The van der Waals surface area contributed by atoms with Gasteiger partial charge in [0.1, 0.15) is 17.5 Å². The first-order valence-electron chi connectivity index (χ1n) is 7.59. The largest absolute Gasteiger partial charge is 0.370 e. The van der Waals surface area contributed by atoms with E-state index in [2.05, 4.69) is 47.1 Å². The maximum absolute atomic E-state index is 4.68. The number of rotatable bonds is 6. The third-order valence-corrected chi connectivity index (χ3v) is 3.87. The maximum Gasteiger partial charge on any atom is 0.134 e. The van der Waals surface area contributed by atoms with E-state index < -0.39 is 0 Å². The summed E-state index contributed by atoms with van der Waals surface area (Å²) in [5.74, 6) is 2.96. The second-order valence-corrected chi connectivity index (χ2v) is 5.36. The van der Waals surface area contributed by atoms with Crippen molar-refractivity contribution in [2.75, 3.05) is 23.8 Å². The minimum Gasteiger partial charge on any atom is -0.370 e. The topological polar surface area (TPSA) is 41.0 Å². The summed E-state index contributed by atoms with van der Waals surface area (Å²) in [6.45, 7) is 5.24. The Labute approximate surface area is 116 Å². The molecule has 0 saturated heterocycles. The van der Waals surface area contributed by atoms with Crippen molar-refractivity contribution < 1.29 is 0 Å². The summed E-state index contributed by atoms with van der Waals surface area (Å²) in [5, 5.41) is 3.38. The second-order valence-electron chi connectivity index (χ2n) is 5.36. The van der Waals surface area contributed by atoms with Crippen molar-refractivity contribution in [3.8, 4) is 0 Å². The van der Waals surface area contributed by atoms with Crippen LogP contribution in [0, 0.1) is 0 Å². The summed E-state index contributed by atoms with van der Waals surface area (Å²) in [6.07, 6.45) is 7.27. The highest BCUT2D eigenvalue weighted by Gasteiger charge is 2.21. The number of nitrogens with one attached hydrogen (secondary N) is 1. The van der Waals surface area contributed by atoms with Gasteiger partial charge in [0.25, 0.3) is 0 Å². The molecular formula is C15H26N4. The summed E-state index contributed by atoms with van der Waals surface area (Å²) < 4.78 is 0. The molecule has 0 aliphatic heterocycles. The lowest BCUT2D eigenvalue weighted by atomic mass is 10.2. The van der Waals surface area contributed by atoms with Crippen molar-refractivity contribution in [2.45, 2.75) is 58.4 Å². The Balaban J connectivity index is 2.17. The van der Waals surface area contributed by atoms with Gasteiger partial charge in [-0.05, 0) is 19.3 Å². The third-order valence-electron chi connectivity index (χ3n) is 3.87. The number of hydrogen-bond donors (Lipinski definition) is 1. The molecular weight excluding hydrogens is 236 g/mol. The Bertz CT molecular complexity index is 399. The molecule has 1 aliphatic rings. The molecule has 1 saturated carbocycles. The van der Waals surface area contributed by atoms with Crippen LogP contribution in [0.2, 0.25) is 0 Å². The molecule has 1 aromatic rings. The summed E-state index contributed by atoms with van der Waals surface area (Å²) in [7, 11) is 2.17. The summed E-state index contributed by atoms with van der Waals surface area (Å²) >= 11 is 0. The van der Waals surface area contributed by atoms with E-state index in [9.17, 15) is 0 Å². The van der Waals surface area contributed by atoms with E-state index >= 15 is 0 Å². The fraction of sp³-hybridized carbons (Fsp3) is 0.733. The van der Waals surface area contributed by atoms with Gasteiger partial charge in [-0.3, -0.25) is 0 Å². The Morgan fingerprint density at radius 2 is 2.00 bits per heavy atom. The van der Waals surface area contributed by atoms with E-state index in [1.165, 1.54) is 25.7 Å². The van der Waals surface area contributed by atoms with Crippen LogP contribution in [-0.2, 0) is 6.42 Å². The SMILES string of the molecule is CCCNc1cc(N(C)C2CCCC2)nc(CC)n1. The van der Waals surface area contributed by atoms with E-state index in [1.54, 1.807) is 0 Å². The monoisotopic (exact) mass is 262 g/mol. The molecule has 1 aromatic heterocycles. The first-order chi connectivity index (χ1) is 9.24. The molecule has 1 N–H and O–H groups in total. The molecule has 0 unspecified atom stereocenters. The van der Waals surface area contributed by atoms with Gasteiger partial charge >= 0.3 is 0 Å². The van der Waals surface area contributed by atoms with Crippen molar-refractivity contribution in [3.63, 3.8) is 0 Å². The maximum atomic E-state index is 4.68. The van der Waals surface area contributed by atoms with Gasteiger partial charge in [-0.15, -0.1) is 0 Å². The average molecular weight is 262 g/mol. The highest BCUT2D eigenvalue weighted by atomic mass is 15.2. The fourth-order valence-electron chi connectivity index (χ4n) is 2.64. The van der Waals surface area contributed by atoms with Crippen LogP contribution in [0.3, 0.4) is 0 Å². The van der Waals surface area contributed by atoms with Gasteiger partial charge < -0.3 is 10.2 Å². The van der Waals surface area contributed by atoms with Crippen LogP contribution in [0.25, 0.3) is 0 Å². The molecule has 1 aliphatic carbocycles. The number of aromatic nitrogens is 2. The number of nitrogens with zero attached hydrogens (tertiary/aromatic N) is 3. The summed E-state index contributed by atoms with van der Waals surface area (Å²) in [6, 6.07) is 2.74. The Hall–Kier alpha value is -1.32. The normalized spacial score (nSPS) is 15.7. The van der Waals surface area contributed by atoms with Gasteiger partial charge in [-0.25, -0.2) is 9.97 Å². The van der Waals surface area contributed by atoms with Crippen LogP contribution < -0.4 is 10.2 Å². The van der Waals surface area contributed by atoms with Crippen LogP contribution >= 0.6 is 0 Å². The molecule has 1 fully saturated rings. The van der Waals surface area contributed by atoms with Crippen LogP contribution in [0.15, 0.2) is 6.07 Å². The van der Waals surface area contributed by atoms with Gasteiger partial charge in [0.05, 0.1) is 0 Å². The molecule has 0 aromatic carbocycles. The van der Waals surface area contributed by atoms with Crippen molar-refractivity contribution in [3.05, 3.63) is 11.9 Å². The average Bonchev–Trinajstić information content (AvgIpc) is 2.98. The smallest absolute Gasteiger partial charge is 0.134 e. The molecule has 1 heterocycles. The van der Waals surface area contributed by atoms with Crippen LogP contribution in [0.1, 0.15) is 51.8 Å². The summed E-state index contributed by atoms with van der Waals surface area (Å²) in [4.78, 5) is 11.6. The standard InChI is InChI=1S/C15H26N4/c1-4-10-16-14-11-15(18-13(5-2)17-14)19(3)12-8-6-7-9-12/h11-12H,4-10H2,1-3H3,(H,16,17,18). The Morgan fingerprint density at radius 3 is 2.63 bits per heavy atom. The molecule has 0 radical (unpaired) electrons. The molecule has 106 valence electrons. The lowest BCUT2D eigenvalue weighted by molar-refractivity contribution is 0.643. The van der Waals surface area contributed by atoms with E-state index in [0.717, 1.165) is 36.8 Å². The van der Waals surface area contributed by atoms with E-state index in [0.29, 0.717) is 6.04 Å². The lowest BCUT2D eigenvalue weighted by Gasteiger charge is -2.26. The highest BCUT2D eigenvalue weighted by molar-refractivity contribution is 5.49. The van der Waals surface area contributed by atoms with Gasteiger partial charge in [-0.1, -0.05) is 26.7 Å². The van der Waals surface area contributed by atoms with Crippen LogP contribution in [0.5, 0.6) is 0 Å². The van der Waals surface area contributed by atoms with Crippen LogP contribution in [0.4, 0.5) is 11.6 Å². The second kappa shape index (κ2) is 6.73. The first kappa shape index (κ1) is 14.1. The van der Waals surface area contributed by atoms with Crippen molar-refractivity contribution in [1.29, 1.82) is 0 Å². The minimum atomic E-state index is 0.652. The zero-order valence-corrected chi connectivity index (χ0v) is 12.4. The molecule has 0 bridgehead atoms.